The molecule has 0 spiro atoms. The molecule has 2 amide bonds. The Morgan fingerprint density at radius 3 is 2.71 bits per heavy atom. The zero-order valence-electron chi connectivity index (χ0n) is 12.5. The second-order valence-corrected chi connectivity index (χ2v) is 6.69. The van der Waals surface area contributed by atoms with E-state index in [-0.39, 0.29) is 23.8 Å². The molecule has 2 heterocycles. The van der Waals surface area contributed by atoms with E-state index in [1.165, 1.54) is 0 Å². The van der Waals surface area contributed by atoms with Gasteiger partial charge in [-0.2, -0.15) is 0 Å². The van der Waals surface area contributed by atoms with E-state index in [1.807, 2.05) is 32.9 Å². The lowest BCUT2D eigenvalue weighted by Crippen LogP contribution is -2.48. The Bertz CT molecular complexity index is 530. The molecule has 1 aliphatic rings. The molecule has 0 radical (unpaired) electrons. The summed E-state index contributed by atoms with van der Waals surface area (Å²) in [6, 6.07) is 3.19. The van der Waals surface area contributed by atoms with Crippen molar-refractivity contribution in [2.24, 2.45) is 5.92 Å². The number of aromatic nitrogens is 1. The first kappa shape index (κ1) is 15.9. The van der Waals surface area contributed by atoms with Gasteiger partial charge in [-0.25, -0.2) is 0 Å². The van der Waals surface area contributed by atoms with Crippen molar-refractivity contribution in [1.29, 1.82) is 0 Å². The molecule has 1 fully saturated rings. The number of hydrogen-bond acceptors (Lipinski definition) is 3. The van der Waals surface area contributed by atoms with Gasteiger partial charge in [0.2, 0.25) is 11.8 Å². The Hall–Kier alpha value is -1.43. The average molecular weight is 354 g/mol. The third kappa shape index (κ3) is 3.81. The van der Waals surface area contributed by atoms with Gasteiger partial charge in [-0.05, 0) is 40.9 Å². The lowest BCUT2D eigenvalue weighted by molar-refractivity contribution is -0.136. The van der Waals surface area contributed by atoms with Crippen LogP contribution < -0.4 is 5.32 Å². The number of amides is 2. The summed E-state index contributed by atoms with van der Waals surface area (Å²) in [6.07, 6.45) is 2.04. The first-order valence-corrected chi connectivity index (χ1v) is 7.88. The van der Waals surface area contributed by atoms with Crippen molar-refractivity contribution >= 4 is 27.7 Å². The Balaban J connectivity index is 2.23. The van der Waals surface area contributed by atoms with Crippen LogP contribution in [-0.2, 0) is 16.1 Å². The van der Waals surface area contributed by atoms with E-state index < -0.39 is 6.04 Å². The van der Waals surface area contributed by atoms with Gasteiger partial charge in [-0.1, -0.05) is 13.8 Å². The smallest absolute Gasteiger partial charge is 0.246 e. The second-order valence-electron chi connectivity index (χ2n) is 5.78. The molecule has 1 aliphatic heterocycles. The fourth-order valence-corrected chi connectivity index (χ4v) is 2.66. The van der Waals surface area contributed by atoms with Crippen LogP contribution in [0, 0.1) is 5.92 Å². The molecule has 1 N–H and O–H groups in total. The first-order chi connectivity index (χ1) is 9.88. The molecule has 0 aliphatic carbocycles. The fourth-order valence-electron chi connectivity index (χ4n) is 2.43. The molecule has 0 saturated carbocycles. The summed E-state index contributed by atoms with van der Waals surface area (Å²) in [5.41, 5.74) is 0.815. The van der Waals surface area contributed by atoms with Crippen molar-refractivity contribution in [3.05, 3.63) is 28.5 Å². The summed E-state index contributed by atoms with van der Waals surface area (Å²) < 4.78 is 0.901. The van der Waals surface area contributed by atoms with Crippen molar-refractivity contribution < 1.29 is 9.59 Å². The highest BCUT2D eigenvalue weighted by atomic mass is 79.9. The lowest BCUT2D eigenvalue weighted by atomic mass is 10.0. The van der Waals surface area contributed by atoms with Gasteiger partial charge in [0.1, 0.15) is 6.04 Å². The van der Waals surface area contributed by atoms with Crippen molar-refractivity contribution in [3.63, 3.8) is 0 Å². The van der Waals surface area contributed by atoms with Crippen LogP contribution in [0.25, 0.3) is 0 Å². The summed E-state index contributed by atoms with van der Waals surface area (Å²) in [4.78, 5) is 30.6. The van der Waals surface area contributed by atoms with Gasteiger partial charge < -0.3 is 10.2 Å². The number of carbonyl (C=O) groups excluding carboxylic acids is 2. The van der Waals surface area contributed by atoms with Crippen LogP contribution in [0.5, 0.6) is 0 Å². The molecule has 0 bridgehead atoms. The first-order valence-electron chi connectivity index (χ1n) is 7.08. The van der Waals surface area contributed by atoms with E-state index in [2.05, 4.69) is 26.2 Å². The SMILES string of the molecule is CC(C)C1NC(=O)CC(C)N(Cc2ccc(Br)cn2)C1=O. The van der Waals surface area contributed by atoms with Crippen LogP contribution in [0.3, 0.4) is 0 Å². The van der Waals surface area contributed by atoms with Crippen LogP contribution in [0.4, 0.5) is 0 Å². The minimum absolute atomic E-state index is 0.0342. The summed E-state index contributed by atoms with van der Waals surface area (Å²) >= 11 is 3.35. The average Bonchev–Trinajstić information content (AvgIpc) is 2.52. The molecule has 1 aromatic rings. The van der Waals surface area contributed by atoms with Gasteiger partial charge in [0, 0.05) is 23.1 Å². The standard InChI is InChI=1S/C15H20BrN3O2/c1-9(2)14-15(21)19(10(3)6-13(20)18-14)8-12-5-4-11(16)7-17-12/h4-5,7,9-10,14H,6,8H2,1-3H3,(H,18,20). The zero-order valence-corrected chi connectivity index (χ0v) is 14.1. The highest BCUT2D eigenvalue weighted by molar-refractivity contribution is 9.10. The molecule has 5 nitrogen and oxygen atoms in total. The topological polar surface area (TPSA) is 62.3 Å². The number of hydrogen-bond donors (Lipinski definition) is 1. The molecule has 1 saturated heterocycles. The summed E-state index contributed by atoms with van der Waals surface area (Å²) in [5.74, 6) is -0.0407. The van der Waals surface area contributed by atoms with E-state index in [0.29, 0.717) is 13.0 Å². The van der Waals surface area contributed by atoms with Crippen LogP contribution in [0.15, 0.2) is 22.8 Å². The molecule has 2 unspecified atom stereocenters. The van der Waals surface area contributed by atoms with Gasteiger partial charge >= 0.3 is 0 Å². The quantitative estimate of drug-likeness (QED) is 0.904. The Labute approximate surface area is 133 Å². The molecule has 2 rings (SSSR count). The molecule has 0 aromatic carbocycles. The van der Waals surface area contributed by atoms with Gasteiger partial charge in [0.05, 0.1) is 12.2 Å². The van der Waals surface area contributed by atoms with E-state index in [1.54, 1.807) is 11.1 Å². The van der Waals surface area contributed by atoms with E-state index in [4.69, 9.17) is 0 Å². The number of rotatable bonds is 3. The van der Waals surface area contributed by atoms with Gasteiger partial charge in [0.25, 0.3) is 0 Å². The van der Waals surface area contributed by atoms with Gasteiger partial charge in [-0.15, -0.1) is 0 Å². The highest BCUT2D eigenvalue weighted by Gasteiger charge is 2.35. The van der Waals surface area contributed by atoms with E-state index in [9.17, 15) is 9.59 Å². The maximum atomic E-state index is 12.7. The van der Waals surface area contributed by atoms with Crippen LogP contribution >= 0.6 is 15.9 Å². The molecular weight excluding hydrogens is 334 g/mol. The predicted octanol–water partition coefficient (Wildman–Crippen LogP) is 2.11. The lowest BCUT2D eigenvalue weighted by Gasteiger charge is -2.29. The Morgan fingerprint density at radius 1 is 1.43 bits per heavy atom. The Kier molecular flexibility index (Phi) is 4.98. The maximum absolute atomic E-state index is 12.7. The summed E-state index contributed by atoms with van der Waals surface area (Å²) in [7, 11) is 0. The molecular formula is C15H20BrN3O2. The van der Waals surface area contributed by atoms with Gasteiger partial charge in [-0.3, -0.25) is 14.6 Å². The van der Waals surface area contributed by atoms with Crippen molar-refractivity contribution in [2.45, 2.75) is 45.8 Å². The van der Waals surface area contributed by atoms with Crippen molar-refractivity contribution in [1.82, 2.24) is 15.2 Å². The van der Waals surface area contributed by atoms with Crippen LogP contribution in [0.2, 0.25) is 0 Å². The maximum Gasteiger partial charge on any atom is 0.246 e. The normalized spacial score (nSPS) is 23.2. The predicted molar refractivity (Wildman–Crippen MR) is 83.3 cm³/mol. The van der Waals surface area contributed by atoms with Crippen molar-refractivity contribution in [2.75, 3.05) is 0 Å². The molecule has 114 valence electrons. The van der Waals surface area contributed by atoms with Crippen molar-refractivity contribution in [3.8, 4) is 0 Å². The second kappa shape index (κ2) is 6.56. The van der Waals surface area contributed by atoms with Crippen LogP contribution in [-0.4, -0.2) is 33.8 Å². The highest BCUT2D eigenvalue weighted by Crippen LogP contribution is 2.18. The van der Waals surface area contributed by atoms with E-state index >= 15 is 0 Å². The molecule has 2 atom stereocenters. The Morgan fingerprint density at radius 2 is 2.14 bits per heavy atom. The van der Waals surface area contributed by atoms with Gasteiger partial charge in [0.15, 0.2) is 0 Å². The number of nitrogens with one attached hydrogen (secondary N) is 1. The minimum Gasteiger partial charge on any atom is -0.344 e. The number of carbonyl (C=O) groups is 2. The molecule has 21 heavy (non-hydrogen) atoms. The van der Waals surface area contributed by atoms with E-state index in [0.717, 1.165) is 10.2 Å². The number of halogens is 1. The minimum atomic E-state index is -0.460. The summed E-state index contributed by atoms with van der Waals surface area (Å²) in [6.45, 7) is 6.20. The number of nitrogens with zero attached hydrogens (tertiary/aromatic N) is 2. The molecule has 1 aromatic heterocycles. The monoisotopic (exact) mass is 353 g/mol. The van der Waals surface area contributed by atoms with Crippen LogP contribution in [0.1, 0.15) is 32.9 Å². The molecule has 6 heteroatoms. The summed E-state index contributed by atoms with van der Waals surface area (Å²) in [5, 5.41) is 2.83. The third-order valence-corrected chi connectivity index (χ3v) is 4.14. The largest absolute Gasteiger partial charge is 0.344 e. The third-order valence-electron chi connectivity index (χ3n) is 3.67. The number of pyridine rings is 1. The fraction of sp³-hybridized carbons (Fsp3) is 0.533. The zero-order chi connectivity index (χ0) is 15.6.